The molecule has 9 heteroatoms. The van der Waals surface area contributed by atoms with Crippen LogP contribution in [-0.2, 0) is 6.42 Å². The highest BCUT2D eigenvalue weighted by Gasteiger charge is 2.26. The predicted molar refractivity (Wildman–Crippen MR) is 144 cm³/mol. The van der Waals surface area contributed by atoms with Gasteiger partial charge in [0.1, 0.15) is 18.1 Å². The van der Waals surface area contributed by atoms with E-state index in [4.69, 9.17) is 4.74 Å². The van der Waals surface area contributed by atoms with Gasteiger partial charge < -0.3 is 19.1 Å². The first-order chi connectivity index (χ1) is 18.2. The zero-order valence-corrected chi connectivity index (χ0v) is 22.5. The molecule has 3 aromatic rings. The first-order valence-corrected chi connectivity index (χ1v) is 13.4. The highest BCUT2D eigenvalue weighted by molar-refractivity contribution is 5.72. The lowest BCUT2D eigenvalue weighted by Crippen LogP contribution is -2.40. The molecule has 0 N–H and O–H groups in total. The standard InChI is InChI=1S/C29H35F2N5O2/c1-18(2)34-8-6-22(7-9-34)36-10-5-20(14-27(36)37)13-26-32-17-24(31)28(33-26)21-15-23(30)29-25(16-21)35(19(3)4)11-12-38-29/h5,10,14-19,22H,6-9,11-13H2,1-4H3. The lowest BCUT2D eigenvalue weighted by molar-refractivity contribution is 0.150. The van der Waals surface area contributed by atoms with Gasteiger partial charge in [0.15, 0.2) is 17.4 Å². The van der Waals surface area contributed by atoms with Gasteiger partial charge in [-0.2, -0.15) is 0 Å². The number of piperidine rings is 1. The summed E-state index contributed by atoms with van der Waals surface area (Å²) in [6.07, 6.45) is 5.10. The van der Waals surface area contributed by atoms with Crippen molar-refractivity contribution in [3.05, 3.63) is 70.0 Å². The molecular formula is C29H35F2N5O2. The highest BCUT2D eigenvalue weighted by Crippen LogP contribution is 2.39. The summed E-state index contributed by atoms with van der Waals surface area (Å²) in [4.78, 5) is 26.0. The van der Waals surface area contributed by atoms with E-state index in [0.717, 1.165) is 37.7 Å². The summed E-state index contributed by atoms with van der Waals surface area (Å²) in [5.74, 6) is -0.646. The fraction of sp³-hybridized carbons (Fsp3) is 0.483. The number of ether oxygens (including phenoxy) is 1. The molecule has 0 bridgehead atoms. The second kappa shape index (κ2) is 10.8. The van der Waals surface area contributed by atoms with Crippen molar-refractivity contribution in [1.29, 1.82) is 0 Å². The zero-order valence-electron chi connectivity index (χ0n) is 22.5. The maximum Gasteiger partial charge on any atom is 0.251 e. The molecule has 2 aliphatic rings. The van der Waals surface area contributed by atoms with Crippen LogP contribution in [0, 0.1) is 11.6 Å². The maximum absolute atomic E-state index is 15.0. The molecule has 38 heavy (non-hydrogen) atoms. The quantitative estimate of drug-likeness (QED) is 0.461. The van der Waals surface area contributed by atoms with Crippen LogP contribution in [0.15, 0.2) is 41.5 Å². The minimum Gasteiger partial charge on any atom is -0.486 e. The van der Waals surface area contributed by atoms with Crippen LogP contribution < -0.4 is 15.2 Å². The lowest BCUT2D eigenvalue weighted by atomic mass is 10.0. The van der Waals surface area contributed by atoms with Crippen LogP contribution in [0.4, 0.5) is 14.5 Å². The van der Waals surface area contributed by atoms with Crippen LogP contribution in [0.5, 0.6) is 5.75 Å². The molecule has 1 fully saturated rings. The first kappa shape index (κ1) is 26.3. The molecule has 0 aliphatic carbocycles. The molecule has 5 rings (SSSR count). The smallest absolute Gasteiger partial charge is 0.251 e. The van der Waals surface area contributed by atoms with Crippen molar-refractivity contribution < 1.29 is 13.5 Å². The molecule has 4 heterocycles. The van der Waals surface area contributed by atoms with Gasteiger partial charge in [-0.05, 0) is 64.3 Å². The molecule has 0 saturated carbocycles. The Balaban J connectivity index is 1.38. The summed E-state index contributed by atoms with van der Waals surface area (Å²) < 4.78 is 37.2. The maximum atomic E-state index is 15.0. The number of pyridine rings is 1. The fourth-order valence-corrected chi connectivity index (χ4v) is 5.47. The lowest BCUT2D eigenvalue weighted by Gasteiger charge is -2.35. The molecule has 2 aliphatic heterocycles. The van der Waals surface area contributed by atoms with E-state index in [1.54, 1.807) is 12.1 Å². The minimum atomic E-state index is -0.635. The molecular weight excluding hydrogens is 488 g/mol. The van der Waals surface area contributed by atoms with E-state index in [9.17, 15) is 13.6 Å². The number of aromatic nitrogens is 3. The van der Waals surface area contributed by atoms with E-state index in [1.807, 2.05) is 35.6 Å². The van der Waals surface area contributed by atoms with Crippen molar-refractivity contribution in [1.82, 2.24) is 19.4 Å². The largest absolute Gasteiger partial charge is 0.486 e. The zero-order chi connectivity index (χ0) is 27.0. The Morgan fingerprint density at radius 1 is 1.03 bits per heavy atom. The van der Waals surface area contributed by atoms with Gasteiger partial charge >= 0.3 is 0 Å². The van der Waals surface area contributed by atoms with Crippen molar-refractivity contribution >= 4 is 5.69 Å². The Morgan fingerprint density at radius 3 is 2.47 bits per heavy atom. The molecule has 0 radical (unpaired) electrons. The van der Waals surface area contributed by atoms with E-state index >= 15 is 0 Å². The van der Waals surface area contributed by atoms with Gasteiger partial charge in [-0.1, -0.05) is 0 Å². The average Bonchev–Trinajstić information content (AvgIpc) is 2.89. The minimum absolute atomic E-state index is 0.0243. The van der Waals surface area contributed by atoms with Gasteiger partial charge in [0.05, 0.1) is 18.4 Å². The van der Waals surface area contributed by atoms with Crippen molar-refractivity contribution in [3.63, 3.8) is 0 Å². The summed E-state index contributed by atoms with van der Waals surface area (Å²) >= 11 is 0. The Bertz CT molecular complexity index is 1370. The van der Waals surface area contributed by atoms with Gasteiger partial charge in [0.2, 0.25) is 0 Å². The van der Waals surface area contributed by atoms with Gasteiger partial charge in [-0.25, -0.2) is 18.7 Å². The van der Waals surface area contributed by atoms with E-state index in [-0.39, 0.29) is 35.5 Å². The van der Waals surface area contributed by atoms with E-state index in [0.29, 0.717) is 36.3 Å². The number of halogens is 2. The average molecular weight is 524 g/mol. The third-order valence-electron chi connectivity index (χ3n) is 7.60. The van der Waals surface area contributed by atoms with Crippen molar-refractivity contribution in [2.24, 2.45) is 0 Å². The molecule has 0 unspecified atom stereocenters. The van der Waals surface area contributed by atoms with Crippen molar-refractivity contribution in [2.45, 2.75) is 65.1 Å². The number of anilines is 1. The highest BCUT2D eigenvalue weighted by atomic mass is 19.1. The molecule has 0 spiro atoms. The van der Waals surface area contributed by atoms with Gasteiger partial charge in [-0.3, -0.25) is 4.79 Å². The van der Waals surface area contributed by atoms with Gasteiger partial charge in [-0.15, -0.1) is 0 Å². The van der Waals surface area contributed by atoms with Crippen molar-refractivity contribution in [3.8, 4) is 17.0 Å². The molecule has 0 amide bonds. The third kappa shape index (κ3) is 5.29. The Hall–Kier alpha value is -3.33. The van der Waals surface area contributed by atoms with Crippen LogP contribution in [0.3, 0.4) is 0 Å². The number of likely N-dealkylation sites (tertiary alicyclic amines) is 1. The molecule has 1 aromatic carbocycles. The number of nitrogens with zero attached hydrogens (tertiary/aromatic N) is 5. The van der Waals surface area contributed by atoms with Crippen LogP contribution in [0.25, 0.3) is 11.3 Å². The van der Waals surface area contributed by atoms with Gasteiger partial charge in [0.25, 0.3) is 5.56 Å². The topological polar surface area (TPSA) is 63.5 Å². The molecule has 202 valence electrons. The monoisotopic (exact) mass is 523 g/mol. The number of hydrogen-bond acceptors (Lipinski definition) is 6. The number of benzene rings is 1. The predicted octanol–water partition coefficient (Wildman–Crippen LogP) is 4.83. The van der Waals surface area contributed by atoms with Crippen LogP contribution in [-0.4, -0.2) is 57.8 Å². The second-order valence-electron chi connectivity index (χ2n) is 10.7. The Kier molecular flexibility index (Phi) is 7.47. The second-order valence-corrected chi connectivity index (χ2v) is 10.7. The summed E-state index contributed by atoms with van der Waals surface area (Å²) in [5, 5.41) is 0. The van der Waals surface area contributed by atoms with E-state index in [2.05, 4.69) is 28.7 Å². The third-order valence-corrected chi connectivity index (χ3v) is 7.60. The summed E-state index contributed by atoms with van der Waals surface area (Å²) in [6.45, 7) is 11.4. The molecule has 0 atom stereocenters. The van der Waals surface area contributed by atoms with E-state index in [1.165, 1.54) is 6.07 Å². The van der Waals surface area contributed by atoms with E-state index < -0.39 is 11.6 Å². The van der Waals surface area contributed by atoms with Crippen LogP contribution >= 0.6 is 0 Å². The summed E-state index contributed by atoms with van der Waals surface area (Å²) in [5.41, 5.74) is 1.62. The fourth-order valence-electron chi connectivity index (χ4n) is 5.47. The number of hydrogen-bond donors (Lipinski definition) is 0. The Labute approximate surface area is 222 Å². The Morgan fingerprint density at radius 2 is 1.79 bits per heavy atom. The van der Waals surface area contributed by atoms with Gasteiger partial charge in [0, 0.05) is 55.5 Å². The molecule has 7 nitrogen and oxygen atoms in total. The molecule has 1 saturated heterocycles. The number of fused-ring (bicyclic) bond motifs is 1. The summed E-state index contributed by atoms with van der Waals surface area (Å²) in [7, 11) is 0. The van der Waals surface area contributed by atoms with Crippen LogP contribution in [0.2, 0.25) is 0 Å². The van der Waals surface area contributed by atoms with Crippen molar-refractivity contribution in [2.75, 3.05) is 31.1 Å². The number of rotatable bonds is 6. The molecule has 2 aromatic heterocycles. The first-order valence-electron chi connectivity index (χ1n) is 13.4. The SMILES string of the molecule is CC(C)N1CCC(n2ccc(Cc3ncc(F)c(-c4cc(F)c5c(c4)N(C(C)C)CCO5)n3)cc2=O)CC1. The normalized spacial score (nSPS) is 16.7. The summed E-state index contributed by atoms with van der Waals surface area (Å²) in [6, 6.07) is 7.31. The van der Waals surface area contributed by atoms with Crippen LogP contribution in [0.1, 0.15) is 58.0 Å².